The van der Waals surface area contributed by atoms with Crippen molar-refractivity contribution in [3.05, 3.63) is 48.0 Å². The summed E-state index contributed by atoms with van der Waals surface area (Å²) in [6, 6.07) is 13.9. The van der Waals surface area contributed by atoms with Crippen molar-refractivity contribution in [3.8, 4) is 0 Å². The Hall–Kier alpha value is -2.40. The number of carbonyl (C=O) groups is 2. The van der Waals surface area contributed by atoms with Crippen LogP contribution in [0, 0.1) is 5.92 Å². The highest BCUT2D eigenvalue weighted by Crippen LogP contribution is 2.20. The SMILES string of the molecule is CC(O)C1CCN(C(=O)CNC(=O)Cc2cccc3ccccc23)C1. The van der Waals surface area contributed by atoms with Crippen molar-refractivity contribution in [3.63, 3.8) is 0 Å². The van der Waals surface area contributed by atoms with E-state index in [0.717, 1.165) is 22.8 Å². The van der Waals surface area contributed by atoms with Crippen molar-refractivity contribution >= 4 is 22.6 Å². The zero-order chi connectivity index (χ0) is 17.8. The van der Waals surface area contributed by atoms with Gasteiger partial charge in [0.25, 0.3) is 0 Å². The fourth-order valence-corrected chi connectivity index (χ4v) is 3.38. The highest BCUT2D eigenvalue weighted by atomic mass is 16.3. The van der Waals surface area contributed by atoms with Crippen molar-refractivity contribution in [2.24, 2.45) is 5.92 Å². The minimum absolute atomic E-state index is 0.0100. The van der Waals surface area contributed by atoms with Crippen LogP contribution in [0.5, 0.6) is 0 Å². The van der Waals surface area contributed by atoms with Gasteiger partial charge in [-0.2, -0.15) is 0 Å². The first-order valence-corrected chi connectivity index (χ1v) is 8.74. The molecule has 2 aromatic rings. The molecule has 5 heteroatoms. The second-order valence-electron chi connectivity index (χ2n) is 6.72. The Morgan fingerprint density at radius 1 is 1.24 bits per heavy atom. The number of nitrogens with one attached hydrogen (secondary N) is 1. The fourth-order valence-electron chi connectivity index (χ4n) is 3.38. The van der Waals surface area contributed by atoms with Crippen LogP contribution in [0.2, 0.25) is 0 Å². The number of hydrogen-bond acceptors (Lipinski definition) is 3. The molecule has 2 N–H and O–H groups in total. The summed E-state index contributed by atoms with van der Waals surface area (Å²) < 4.78 is 0. The molecule has 132 valence electrons. The Morgan fingerprint density at radius 3 is 2.76 bits per heavy atom. The molecule has 0 aromatic heterocycles. The van der Waals surface area contributed by atoms with Crippen molar-refractivity contribution in [1.29, 1.82) is 0 Å². The summed E-state index contributed by atoms with van der Waals surface area (Å²) in [5.41, 5.74) is 0.957. The van der Waals surface area contributed by atoms with E-state index < -0.39 is 6.10 Å². The number of aliphatic hydroxyl groups is 1. The molecule has 1 aliphatic heterocycles. The van der Waals surface area contributed by atoms with Crippen LogP contribution in [0.25, 0.3) is 10.8 Å². The molecule has 2 atom stereocenters. The molecule has 2 aromatic carbocycles. The molecule has 5 nitrogen and oxygen atoms in total. The Kier molecular flexibility index (Phi) is 5.34. The number of benzene rings is 2. The Labute approximate surface area is 147 Å². The standard InChI is InChI=1S/C20H24N2O3/c1-14(23)17-9-10-22(13-17)20(25)12-21-19(24)11-16-7-4-6-15-5-2-3-8-18(15)16/h2-8,14,17,23H,9-13H2,1H3,(H,21,24). The first kappa shape index (κ1) is 17.4. The van der Waals surface area contributed by atoms with Crippen molar-refractivity contribution in [2.75, 3.05) is 19.6 Å². The van der Waals surface area contributed by atoms with E-state index in [9.17, 15) is 14.7 Å². The van der Waals surface area contributed by atoms with E-state index in [4.69, 9.17) is 0 Å². The predicted molar refractivity (Wildman–Crippen MR) is 97.0 cm³/mol. The molecule has 1 fully saturated rings. The van der Waals surface area contributed by atoms with Gasteiger partial charge in [0.05, 0.1) is 19.1 Å². The third kappa shape index (κ3) is 4.17. The second-order valence-corrected chi connectivity index (χ2v) is 6.72. The van der Waals surface area contributed by atoms with E-state index in [1.807, 2.05) is 42.5 Å². The third-order valence-corrected chi connectivity index (χ3v) is 4.93. The van der Waals surface area contributed by atoms with Gasteiger partial charge in [0.15, 0.2) is 0 Å². The van der Waals surface area contributed by atoms with E-state index in [2.05, 4.69) is 5.32 Å². The molecule has 0 radical (unpaired) electrons. The first-order chi connectivity index (χ1) is 12.0. The van der Waals surface area contributed by atoms with Gasteiger partial charge in [-0.25, -0.2) is 0 Å². The van der Waals surface area contributed by atoms with Crippen molar-refractivity contribution in [2.45, 2.75) is 25.9 Å². The first-order valence-electron chi connectivity index (χ1n) is 8.74. The van der Waals surface area contributed by atoms with Gasteiger partial charge in [-0.15, -0.1) is 0 Å². The number of aliphatic hydroxyl groups excluding tert-OH is 1. The molecular weight excluding hydrogens is 316 g/mol. The fraction of sp³-hybridized carbons (Fsp3) is 0.400. The predicted octanol–water partition coefficient (Wildman–Crippen LogP) is 1.73. The van der Waals surface area contributed by atoms with E-state index in [-0.39, 0.29) is 30.7 Å². The van der Waals surface area contributed by atoms with Crippen LogP contribution in [0.3, 0.4) is 0 Å². The van der Waals surface area contributed by atoms with Crippen molar-refractivity contribution in [1.82, 2.24) is 10.2 Å². The minimum Gasteiger partial charge on any atom is -0.393 e. The van der Waals surface area contributed by atoms with Crippen LogP contribution in [0.4, 0.5) is 0 Å². The Morgan fingerprint density at radius 2 is 2.00 bits per heavy atom. The van der Waals surface area contributed by atoms with Gasteiger partial charge in [0.1, 0.15) is 0 Å². The van der Waals surface area contributed by atoms with Gasteiger partial charge < -0.3 is 15.3 Å². The molecule has 2 amide bonds. The van der Waals surface area contributed by atoms with E-state index in [1.54, 1.807) is 11.8 Å². The van der Waals surface area contributed by atoms with Gasteiger partial charge in [0, 0.05) is 19.0 Å². The summed E-state index contributed by atoms with van der Waals surface area (Å²) in [4.78, 5) is 26.2. The van der Waals surface area contributed by atoms with E-state index >= 15 is 0 Å². The molecule has 0 spiro atoms. The normalized spacial score (nSPS) is 18.3. The highest BCUT2D eigenvalue weighted by Gasteiger charge is 2.28. The number of nitrogens with zero attached hydrogens (tertiary/aromatic N) is 1. The van der Waals surface area contributed by atoms with Crippen molar-refractivity contribution < 1.29 is 14.7 Å². The van der Waals surface area contributed by atoms with Gasteiger partial charge in [-0.3, -0.25) is 9.59 Å². The zero-order valence-corrected chi connectivity index (χ0v) is 14.4. The summed E-state index contributed by atoms with van der Waals surface area (Å²) in [7, 11) is 0. The molecule has 0 aliphatic carbocycles. The van der Waals surface area contributed by atoms with Gasteiger partial charge in [0.2, 0.25) is 11.8 Å². The molecule has 2 unspecified atom stereocenters. The number of amides is 2. The third-order valence-electron chi connectivity index (χ3n) is 4.93. The lowest BCUT2D eigenvalue weighted by Gasteiger charge is -2.18. The smallest absolute Gasteiger partial charge is 0.241 e. The maximum Gasteiger partial charge on any atom is 0.241 e. The molecule has 1 saturated heterocycles. The highest BCUT2D eigenvalue weighted by molar-refractivity contribution is 5.91. The molecular formula is C20H24N2O3. The van der Waals surface area contributed by atoms with Gasteiger partial charge in [-0.05, 0) is 29.7 Å². The number of fused-ring (bicyclic) bond motifs is 1. The molecule has 25 heavy (non-hydrogen) atoms. The molecule has 1 heterocycles. The largest absolute Gasteiger partial charge is 0.393 e. The minimum atomic E-state index is -0.404. The topological polar surface area (TPSA) is 69.6 Å². The summed E-state index contributed by atoms with van der Waals surface area (Å²) in [6.45, 7) is 2.98. The molecule has 0 saturated carbocycles. The maximum atomic E-state index is 12.2. The van der Waals surface area contributed by atoms with Gasteiger partial charge in [-0.1, -0.05) is 42.5 Å². The van der Waals surface area contributed by atoms with Gasteiger partial charge >= 0.3 is 0 Å². The molecule has 1 aliphatic rings. The second kappa shape index (κ2) is 7.66. The monoisotopic (exact) mass is 340 g/mol. The number of hydrogen-bond donors (Lipinski definition) is 2. The van der Waals surface area contributed by atoms with Crippen LogP contribution < -0.4 is 5.32 Å². The van der Waals surface area contributed by atoms with Crippen LogP contribution in [-0.4, -0.2) is 47.6 Å². The lowest BCUT2D eigenvalue weighted by atomic mass is 10.0. The average molecular weight is 340 g/mol. The molecule has 3 rings (SSSR count). The lowest BCUT2D eigenvalue weighted by Crippen LogP contribution is -2.40. The Balaban J connectivity index is 1.54. The van der Waals surface area contributed by atoms with Crippen LogP contribution in [0.1, 0.15) is 18.9 Å². The molecule has 0 bridgehead atoms. The summed E-state index contributed by atoms with van der Waals surface area (Å²) in [5, 5.41) is 14.5. The quantitative estimate of drug-likeness (QED) is 0.871. The zero-order valence-electron chi connectivity index (χ0n) is 14.4. The average Bonchev–Trinajstić information content (AvgIpc) is 3.10. The maximum absolute atomic E-state index is 12.2. The lowest BCUT2D eigenvalue weighted by molar-refractivity contribution is -0.132. The van der Waals surface area contributed by atoms with E-state index in [0.29, 0.717) is 13.1 Å². The Bertz CT molecular complexity index is 767. The number of rotatable bonds is 5. The van der Waals surface area contributed by atoms with Crippen LogP contribution in [0.15, 0.2) is 42.5 Å². The van der Waals surface area contributed by atoms with Crippen LogP contribution >= 0.6 is 0 Å². The number of likely N-dealkylation sites (tertiary alicyclic amines) is 1. The number of carbonyl (C=O) groups excluding carboxylic acids is 2. The summed E-state index contributed by atoms with van der Waals surface area (Å²) in [5.74, 6) is -0.110. The van der Waals surface area contributed by atoms with E-state index in [1.165, 1.54) is 0 Å². The van der Waals surface area contributed by atoms with Crippen LogP contribution in [-0.2, 0) is 16.0 Å². The summed E-state index contributed by atoms with van der Waals surface area (Å²) in [6.07, 6.45) is 0.664. The summed E-state index contributed by atoms with van der Waals surface area (Å²) >= 11 is 0.